The van der Waals surface area contributed by atoms with E-state index in [9.17, 15) is 0 Å². The first-order valence-electron chi connectivity index (χ1n) is 4.89. The van der Waals surface area contributed by atoms with Gasteiger partial charge >= 0.3 is 0 Å². The maximum absolute atomic E-state index is 2.40. The Bertz CT molecular complexity index is 112. The molecule has 0 spiro atoms. The van der Waals surface area contributed by atoms with E-state index in [4.69, 9.17) is 0 Å². The Labute approximate surface area is 77.5 Å². The van der Waals surface area contributed by atoms with E-state index in [-0.39, 0.29) is 0 Å². The largest absolute Gasteiger partial charge is 0.291 e. The van der Waals surface area contributed by atoms with Crippen LogP contribution in [0.2, 0.25) is 0 Å². The van der Waals surface area contributed by atoms with E-state index >= 15 is 0 Å². The second-order valence-corrected chi connectivity index (χ2v) is 4.04. The molecule has 12 heavy (non-hydrogen) atoms. The van der Waals surface area contributed by atoms with E-state index in [0.29, 0.717) is 6.17 Å². The standard InChI is InChI=1S/C10H24N2/c1-7-11(5)10(4)12(6)8-9(2)3/h9-10H,7-8H2,1-6H3. The third-order valence-corrected chi connectivity index (χ3v) is 2.43. The molecule has 0 aromatic heterocycles. The van der Waals surface area contributed by atoms with Crippen LogP contribution in [0.3, 0.4) is 0 Å². The Balaban J connectivity index is 3.83. The van der Waals surface area contributed by atoms with E-state index in [1.807, 2.05) is 0 Å². The third kappa shape index (κ3) is 4.07. The van der Waals surface area contributed by atoms with Crippen LogP contribution in [0, 0.1) is 5.92 Å². The van der Waals surface area contributed by atoms with E-state index in [2.05, 4.69) is 51.6 Å². The van der Waals surface area contributed by atoms with Gasteiger partial charge in [-0.1, -0.05) is 20.8 Å². The Morgan fingerprint density at radius 1 is 1.00 bits per heavy atom. The molecule has 0 fully saturated rings. The van der Waals surface area contributed by atoms with E-state index in [0.717, 1.165) is 12.5 Å². The highest BCUT2D eigenvalue weighted by Gasteiger charge is 2.13. The van der Waals surface area contributed by atoms with Gasteiger partial charge in [0, 0.05) is 6.54 Å². The van der Waals surface area contributed by atoms with Crippen molar-refractivity contribution in [1.29, 1.82) is 0 Å². The maximum atomic E-state index is 2.40. The van der Waals surface area contributed by atoms with E-state index < -0.39 is 0 Å². The van der Waals surface area contributed by atoms with Gasteiger partial charge in [0.25, 0.3) is 0 Å². The molecule has 0 aliphatic rings. The summed E-state index contributed by atoms with van der Waals surface area (Å²) in [7, 11) is 4.36. The van der Waals surface area contributed by atoms with Crippen LogP contribution in [0.25, 0.3) is 0 Å². The molecular weight excluding hydrogens is 148 g/mol. The summed E-state index contributed by atoms with van der Waals surface area (Å²) in [6, 6.07) is 0. The first kappa shape index (κ1) is 11.9. The van der Waals surface area contributed by atoms with Gasteiger partial charge in [-0.2, -0.15) is 0 Å². The van der Waals surface area contributed by atoms with Crippen molar-refractivity contribution in [1.82, 2.24) is 9.80 Å². The zero-order chi connectivity index (χ0) is 9.72. The number of hydrogen-bond acceptors (Lipinski definition) is 2. The first-order chi connectivity index (χ1) is 5.49. The number of hydrogen-bond donors (Lipinski definition) is 0. The molecule has 2 nitrogen and oxygen atoms in total. The van der Waals surface area contributed by atoms with Crippen LogP contribution in [-0.4, -0.2) is 43.2 Å². The highest BCUT2D eigenvalue weighted by Crippen LogP contribution is 2.04. The van der Waals surface area contributed by atoms with Crippen molar-refractivity contribution < 1.29 is 0 Å². The van der Waals surface area contributed by atoms with Gasteiger partial charge in [0.15, 0.2) is 0 Å². The summed E-state index contributed by atoms with van der Waals surface area (Å²) in [5.41, 5.74) is 0. The SMILES string of the molecule is CCN(C)C(C)N(C)CC(C)C. The summed E-state index contributed by atoms with van der Waals surface area (Å²) in [6.07, 6.45) is 0.553. The van der Waals surface area contributed by atoms with Gasteiger partial charge in [-0.05, 0) is 33.5 Å². The molecule has 0 saturated heterocycles. The van der Waals surface area contributed by atoms with Crippen LogP contribution in [-0.2, 0) is 0 Å². The zero-order valence-corrected chi connectivity index (χ0v) is 9.46. The predicted molar refractivity (Wildman–Crippen MR) is 55.2 cm³/mol. The molecule has 1 atom stereocenters. The van der Waals surface area contributed by atoms with Crippen LogP contribution in [0.1, 0.15) is 27.7 Å². The quantitative estimate of drug-likeness (QED) is 0.584. The lowest BCUT2D eigenvalue weighted by Crippen LogP contribution is -2.43. The minimum absolute atomic E-state index is 0.553. The molecule has 74 valence electrons. The van der Waals surface area contributed by atoms with Gasteiger partial charge in [-0.3, -0.25) is 9.80 Å². The fourth-order valence-corrected chi connectivity index (χ4v) is 1.33. The van der Waals surface area contributed by atoms with Gasteiger partial charge < -0.3 is 0 Å². The normalized spacial score (nSPS) is 14.8. The Morgan fingerprint density at radius 2 is 1.50 bits per heavy atom. The second kappa shape index (κ2) is 5.55. The molecule has 0 heterocycles. The van der Waals surface area contributed by atoms with Crippen molar-refractivity contribution >= 4 is 0 Å². The Hall–Kier alpha value is -0.0800. The third-order valence-electron chi connectivity index (χ3n) is 2.43. The van der Waals surface area contributed by atoms with E-state index in [1.54, 1.807) is 0 Å². The van der Waals surface area contributed by atoms with Crippen molar-refractivity contribution in [2.75, 3.05) is 27.2 Å². The number of rotatable bonds is 5. The summed E-state index contributed by atoms with van der Waals surface area (Å²) >= 11 is 0. The highest BCUT2D eigenvalue weighted by atomic mass is 15.3. The van der Waals surface area contributed by atoms with Gasteiger partial charge in [-0.15, -0.1) is 0 Å². The average Bonchev–Trinajstić information content (AvgIpc) is 2.00. The van der Waals surface area contributed by atoms with Gasteiger partial charge in [0.2, 0.25) is 0 Å². The van der Waals surface area contributed by atoms with Crippen LogP contribution in [0.4, 0.5) is 0 Å². The van der Waals surface area contributed by atoms with E-state index in [1.165, 1.54) is 6.54 Å². The predicted octanol–water partition coefficient (Wildman–Crippen LogP) is 1.87. The second-order valence-electron chi connectivity index (χ2n) is 4.04. The lowest BCUT2D eigenvalue weighted by molar-refractivity contribution is 0.0924. The van der Waals surface area contributed by atoms with Crippen LogP contribution in [0.5, 0.6) is 0 Å². The molecule has 0 N–H and O–H groups in total. The average molecular weight is 172 g/mol. The maximum Gasteiger partial charge on any atom is 0.0588 e. The molecule has 0 aliphatic carbocycles. The molecule has 2 heteroatoms. The molecule has 0 bridgehead atoms. The van der Waals surface area contributed by atoms with Crippen LogP contribution < -0.4 is 0 Å². The van der Waals surface area contributed by atoms with Crippen molar-refractivity contribution in [3.8, 4) is 0 Å². The molecule has 0 amide bonds. The zero-order valence-electron chi connectivity index (χ0n) is 9.46. The Kier molecular flexibility index (Phi) is 5.51. The molecule has 0 radical (unpaired) electrons. The van der Waals surface area contributed by atoms with Gasteiger partial charge in [0.1, 0.15) is 0 Å². The van der Waals surface area contributed by atoms with Crippen LogP contribution in [0.15, 0.2) is 0 Å². The van der Waals surface area contributed by atoms with Crippen molar-refractivity contribution in [3.63, 3.8) is 0 Å². The van der Waals surface area contributed by atoms with Crippen molar-refractivity contribution in [2.45, 2.75) is 33.9 Å². The summed E-state index contributed by atoms with van der Waals surface area (Å²) in [5.74, 6) is 0.753. The summed E-state index contributed by atoms with van der Waals surface area (Å²) in [6.45, 7) is 11.3. The molecule has 0 aliphatic heterocycles. The lowest BCUT2D eigenvalue weighted by Gasteiger charge is -2.32. The summed E-state index contributed by atoms with van der Waals surface area (Å²) in [5, 5.41) is 0. The fraction of sp³-hybridized carbons (Fsp3) is 1.00. The minimum Gasteiger partial charge on any atom is -0.291 e. The monoisotopic (exact) mass is 172 g/mol. The lowest BCUT2D eigenvalue weighted by atomic mass is 10.2. The first-order valence-corrected chi connectivity index (χ1v) is 4.89. The highest BCUT2D eigenvalue weighted by molar-refractivity contribution is 4.63. The molecule has 0 aromatic rings. The van der Waals surface area contributed by atoms with Gasteiger partial charge in [-0.25, -0.2) is 0 Å². The van der Waals surface area contributed by atoms with Gasteiger partial charge in [0.05, 0.1) is 6.17 Å². The minimum atomic E-state index is 0.553. The molecule has 0 saturated carbocycles. The Morgan fingerprint density at radius 3 is 1.83 bits per heavy atom. The molecule has 0 aromatic carbocycles. The smallest absolute Gasteiger partial charge is 0.0588 e. The molecule has 1 unspecified atom stereocenters. The molecular formula is C10H24N2. The van der Waals surface area contributed by atoms with Crippen molar-refractivity contribution in [2.24, 2.45) is 5.92 Å². The number of nitrogens with zero attached hydrogens (tertiary/aromatic N) is 2. The summed E-state index contributed by atoms with van der Waals surface area (Å²) < 4.78 is 0. The topological polar surface area (TPSA) is 6.48 Å². The summed E-state index contributed by atoms with van der Waals surface area (Å²) in [4.78, 5) is 4.75. The fourth-order valence-electron chi connectivity index (χ4n) is 1.33. The molecule has 0 rings (SSSR count). The van der Waals surface area contributed by atoms with Crippen molar-refractivity contribution in [3.05, 3.63) is 0 Å². The van der Waals surface area contributed by atoms with Crippen LogP contribution >= 0.6 is 0 Å².